The second kappa shape index (κ2) is 9.71. The first kappa shape index (κ1) is 20.4. The molecule has 1 heterocycles. The Kier molecular flexibility index (Phi) is 7.06. The van der Waals surface area contributed by atoms with Gasteiger partial charge in [-0.3, -0.25) is 9.59 Å². The summed E-state index contributed by atoms with van der Waals surface area (Å²) in [4.78, 5) is 26.5. The number of hydrogen-bond acceptors (Lipinski definition) is 4. The van der Waals surface area contributed by atoms with E-state index in [4.69, 9.17) is 9.47 Å². The van der Waals surface area contributed by atoms with E-state index in [0.29, 0.717) is 17.9 Å². The molecule has 3 rings (SSSR count). The second-order valence-electron chi connectivity index (χ2n) is 6.56. The van der Waals surface area contributed by atoms with E-state index in [0.717, 1.165) is 29.6 Å². The summed E-state index contributed by atoms with van der Waals surface area (Å²) in [5, 5.41) is 2.88. The molecule has 1 aliphatic heterocycles. The molecule has 1 aliphatic rings. The van der Waals surface area contributed by atoms with Gasteiger partial charge in [-0.25, -0.2) is 0 Å². The van der Waals surface area contributed by atoms with E-state index in [1.54, 1.807) is 31.3 Å². The Morgan fingerprint density at radius 3 is 2.68 bits per heavy atom. The largest absolute Gasteiger partial charge is 0.483 e. The molecular weight excluding hydrogens is 424 g/mol. The van der Waals surface area contributed by atoms with E-state index in [1.807, 2.05) is 24.3 Å². The molecule has 2 aromatic rings. The Labute approximate surface area is 172 Å². The molecule has 1 saturated heterocycles. The number of rotatable bonds is 7. The lowest BCUT2D eigenvalue weighted by molar-refractivity contribution is -0.120. The highest BCUT2D eigenvalue weighted by atomic mass is 79.9. The second-order valence-corrected chi connectivity index (χ2v) is 7.47. The SMILES string of the molecule is CN(C(=O)COc1ccccc1C(=O)NC[C@H]1CCCO1)c1ccc(Br)cc1. The Bertz CT molecular complexity index is 819. The predicted octanol–water partition coefficient (Wildman–Crippen LogP) is 3.40. The Balaban J connectivity index is 1.58. The van der Waals surface area contributed by atoms with Crippen molar-refractivity contribution >= 4 is 33.4 Å². The van der Waals surface area contributed by atoms with E-state index in [-0.39, 0.29) is 24.5 Å². The molecule has 1 N–H and O–H groups in total. The van der Waals surface area contributed by atoms with Gasteiger partial charge in [-0.15, -0.1) is 0 Å². The first-order valence-electron chi connectivity index (χ1n) is 9.18. The molecule has 0 unspecified atom stereocenters. The molecule has 7 heteroatoms. The van der Waals surface area contributed by atoms with Crippen molar-refractivity contribution in [3.05, 3.63) is 58.6 Å². The minimum atomic E-state index is -0.236. The predicted molar refractivity (Wildman–Crippen MR) is 111 cm³/mol. The lowest BCUT2D eigenvalue weighted by atomic mass is 10.1. The van der Waals surface area contributed by atoms with Crippen molar-refractivity contribution in [2.45, 2.75) is 18.9 Å². The van der Waals surface area contributed by atoms with Gasteiger partial charge in [0.1, 0.15) is 5.75 Å². The highest BCUT2D eigenvalue weighted by molar-refractivity contribution is 9.10. The van der Waals surface area contributed by atoms with Crippen molar-refractivity contribution in [2.24, 2.45) is 0 Å². The molecular formula is C21H23BrN2O4. The summed E-state index contributed by atoms with van der Waals surface area (Å²) in [6, 6.07) is 14.3. The van der Waals surface area contributed by atoms with Gasteiger partial charge < -0.3 is 19.7 Å². The van der Waals surface area contributed by atoms with Crippen LogP contribution in [0.25, 0.3) is 0 Å². The van der Waals surface area contributed by atoms with E-state index < -0.39 is 0 Å². The van der Waals surface area contributed by atoms with Gasteiger partial charge in [0.2, 0.25) is 0 Å². The van der Waals surface area contributed by atoms with Gasteiger partial charge in [-0.05, 0) is 49.2 Å². The van der Waals surface area contributed by atoms with Gasteiger partial charge in [0, 0.05) is 30.4 Å². The molecule has 0 saturated carbocycles. The number of nitrogens with zero attached hydrogens (tertiary/aromatic N) is 1. The van der Waals surface area contributed by atoms with Gasteiger partial charge in [-0.2, -0.15) is 0 Å². The fraction of sp³-hybridized carbons (Fsp3) is 0.333. The number of para-hydroxylation sites is 1. The molecule has 0 aliphatic carbocycles. The zero-order valence-electron chi connectivity index (χ0n) is 15.7. The van der Waals surface area contributed by atoms with Crippen LogP contribution in [0.15, 0.2) is 53.0 Å². The average molecular weight is 447 g/mol. The summed E-state index contributed by atoms with van der Waals surface area (Å²) in [6.07, 6.45) is 2.04. The third-order valence-corrected chi connectivity index (χ3v) is 5.11. The number of nitrogens with one attached hydrogen (secondary N) is 1. The fourth-order valence-electron chi connectivity index (χ4n) is 2.93. The van der Waals surface area contributed by atoms with Gasteiger partial charge in [0.25, 0.3) is 11.8 Å². The minimum absolute atomic E-state index is 0.0677. The van der Waals surface area contributed by atoms with Crippen molar-refractivity contribution in [1.29, 1.82) is 0 Å². The topological polar surface area (TPSA) is 67.9 Å². The maximum absolute atomic E-state index is 12.5. The first-order chi connectivity index (χ1) is 13.5. The van der Waals surface area contributed by atoms with Crippen LogP contribution in [0.2, 0.25) is 0 Å². The summed E-state index contributed by atoms with van der Waals surface area (Å²) in [7, 11) is 1.69. The van der Waals surface area contributed by atoms with Crippen LogP contribution < -0.4 is 15.0 Å². The maximum atomic E-state index is 12.5. The summed E-state index contributed by atoms with van der Waals surface area (Å²) < 4.78 is 12.1. The van der Waals surface area contributed by atoms with Crippen molar-refractivity contribution in [2.75, 3.05) is 31.7 Å². The van der Waals surface area contributed by atoms with Crippen LogP contribution in [0, 0.1) is 0 Å². The number of benzene rings is 2. The zero-order chi connectivity index (χ0) is 19.9. The van der Waals surface area contributed by atoms with Crippen LogP contribution in [0.4, 0.5) is 5.69 Å². The van der Waals surface area contributed by atoms with Crippen molar-refractivity contribution in [1.82, 2.24) is 5.32 Å². The van der Waals surface area contributed by atoms with Crippen LogP contribution >= 0.6 is 15.9 Å². The number of halogens is 1. The Hall–Kier alpha value is -2.38. The Morgan fingerprint density at radius 1 is 1.21 bits per heavy atom. The maximum Gasteiger partial charge on any atom is 0.264 e. The number of carbonyl (C=O) groups excluding carboxylic acids is 2. The summed E-state index contributed by atoms with van der Waals surface area (Å²) in [5.41, 5.74) is 1.17. The standard InChI is InChI=1S/C21H23BrN2O4/c1-24(16-10-8-15(22)9-11-16)20(25)14-28-19-7-3-2-6-18(19)21(26)23-13-17-5-4-12-27-17/h2-3,6-11,17H,4-5,12-14H2,1H3,(H,23,26)/t17-/m1/s1. The molecule has 2 amide bonds. The monoisotopic (exact) mass is 446 g/mol. The number of hydrogen-bond donors (Lipinski definition) is 1. The van der Waals surface area contributed by atoms with E-state index >= 15 is 0 Å². The van der Waals surface area contributed by atoms with E-state index in [9.17, 15) is 9.59 Å². The van der Waals surface area contributed by atoms with Crippen LogP contribution in [-0.2, 0) is 9.53 Å². The summed E-state index contributed by atoms with van der Waals surface area (Å²) >= 11 is 3.37. The number of likely N-dealkylation sites (N-methyl/N-ethyl adjacent to an activating group) is 1. The number of anilines is 1. The quantitative estimate of drug-likeness (QED) is 0.707. The molecule has 6 nitrogen and oxygen atoms in total. The molecule has 2 aromatic carbocycles. The van der Waals surface area contributed by atoms with Gasteiger partial charge >= 0.3 is 0 Å². The molecule has 0 aromatic heterocycles. The van der Waals surface area contributed by atoms with Crippen molar-refractivity contribution < 1.29 is 19.1 Å². The smallest absolute Gasteiger partial charge is 0.264 e. The third kappa shape index (κ3) is 5.33. The van der Waals surface area contributed by atoms with E-state index in [2.05, 4.69) is 21.2 Å². The minimum Gasteiger partial charge on any atom is -0.483 e. The number of ether oxygens (including phenoxy) is 2. The van der Waals surface area contributed by atoms with Gasteiger partial charge in [0.15, 0.2) is 6.61 Å². The third-order valence-electron chi connectivity index (χ3n) is 4.59. The number of carbonyl (C=O) groups is 2. The normalized spacial score (nSPS) is 15.9. The summed E-state index contributed by atoms with van der Waals surface area (Å²) in [5.74, 6) is -0.0680. The summed E-state index contributed by atoms with van der Waals surface area (Å²) in [6.45, 7) is 1.05. The molecule has 28 heavy (non-hydrogen) atoms. The van der Waals surface area contributed by atoms with Crippen LogP contribution in [0.5, 0.6) is 5.75 Å². The molecule has 0 radical (unpaired) electrons. The fourth-order valence-corrected chi connectivity index (χ4v) is 3.20. The number of amides is 2. The molecule has 0 bridgehead atoms. The molecule has 1 fully saturated rings. The highest BCUT2D eigenvalue weighted by Crippen LogP contribution is 2.20. The zero-order valence-corrected chi connectivity index (χ0v) is 17.3. The first-order valence-corrected chi connectivity index (χ1v) is 9.97. The van der Waals surface area contributed by atoms with Gasteiger partial charge in [-0.1, -0.05) is 28.1 Å². The Morgan fingerprint density at radius 2 is 1.96 bits per heavy atom. The van der Waals surface area contributed by atoms with Crippen LogP contribution in [0.1, 0.15) is 23.2 Å². The lowest BCUT2D eigenvalue weighted by Crippen LogP contribution is -2.33. The van der Waals surface area contributed by atoms with Crippen LogP contribution in [0.3, 0.4) is 0 Å². The lowest BCUT2D eigenvalue weighted by Gasteiger charge is -2.18. The average Bonchev–Trinajstić information content (AvgIpc) is 3.24. The van der Waals surface area contributed by atoms with Gasteiger partial charge in [0.05, 0.1) is 11.7 Å². The molecule has 1 atom stereocenters. The van der Waals surface area contributed by atoms with Crippen molar-refractivity contribution in [3.8, 4) is 5.75 Å². The van der Waals surface area contributed by atoms with Crippen LogP contribution in [-0.4, -0.2) is 44.7 Å². The van der Waals surface area contributed by atoms with E-state index in [1.165, 1.54) is 4.90 Å². The highest BCUT2D eigenvalue weighted by Gasteiger charge is 2.19. The van der Waals surface area contributed by atoms with Crippen molar-refractivity contribution in [3.63, 3.8) is 0 Å². The molecule has 0 spiro atoms. The molecule has 148 valence electrons.